The van der Waals surface area contributed by atoms with Gasteiger partial charge in [0.05, 0.1) is 11.1 Å². The Balaban J connectivity index is 2.23. The van der Waals surface area contributed by atoms with Gasteiger partial charge in [0, 0.05) is 25.9 Å². The van der Waals surface area contributed by atoms with Crippen molar-refractivity contribution in [2.75, 3.05) is 31.2 Å². The van der Waals surface area contributed by atoms with Gasteiger partial charge < -0.3 is 9.64 Å². The fraction of sp³-hybridized carbons (Fsp3) is 0.545. The Kier molecular flexibility index (Phi) is 3.59. The Bertz CT molecular complexity index is 335. The van der Waals surface area contributed by atoms with Gasteiger partial charge in [0.15, 0.2) is 0 Å². The molecular formula is C11H15BrN2O. The highest BCUT2D eigenvalue weighted by atomic mass is 79.9. The number of rotatable bonds is 1. The molecule has 0 aromatic carbocycles. The molecule has 0 saturated carbocycles. The minimum absolute atomic E-state index is 0.794. The molecule has 0 radical (unpaired) electrons. The Labute approximate surface area is 98.6 Å². The molecule has 82 valence electrons. The van der Waals surface area contributed by atoms with E-state index in [4.69, 9.17) is 4.74 Å². The molecule has 0 unspecified atom stereocenters. The number of aromatic nitrogens is 1. The first-order valence-corrected chi connectivity index (χ1v) is 6.02. The molecule has 15 heavy (non-hydrogen) atoms. The molecule has 4 heteroatoms. The Morgan fingerprint density at radius 1 is 1.40 bits per heavy atom. The van der Waals surface area contributed by atoms with E-state index in [1.807, 2.05) is 12.3 Å². The van der Waals surface area contributed by atoms with Crippen LogP contribution in [0.15, 0.2) is 16.7 Å². The van der Waals surface area contributed by atoms with Gasteiger partial charge in [-0.3, -0.25) is 0 Å². The van der Waals surface area contributed by atoms with Crippen LogP contribution in [0, 0.1) is 6.92 Å². The van der Waals surface area contributed by atoms with Gasteiger partial charge in [-0.15, -0.1) is 0 Å². The maximum absolute atomic E-state index is 5.43. The van der Waals surface area contributed by atoms with E-state index in [0.717, 1.165) is 43.0 Å². The second kappa shape index (κ2) is 4.94. The van der Waals surface area contributed by atoms with Gasteiger partial charge in [0.2, 0.25) is 0 Å². The highest BCUT2D eigenvalue weighted by Gasteiger charge is 2.14. The molecule has 0 aliphatic carbocycles. The molecule has 0 bridgehead atoms. The molecule has 0 N–H and O–H groups in total. The molecule has 1 fully saturated rings. The van der Waals surface area contributed by atoms with Crippen LogP contribution in [0.5, 0.6) is 0 Å². The first kappa shape index (κ1) is 10.9. The molecule has 2 heterocycles. The summed E-state index contributed by atoms with van der Waals surface area (Å²) in [5.74, 6) is 1.04. The lowest BCUT2D eigenvalue weighted by Gasteiger charge is -2.22. The van der Waals surface area contributed by atoms with Crippen molar-refractivity contribution in [2.45, 2.75) is 13.3 Å². The zero-order valence-electron chi connectivity index (χ0n) is 8.87. The number of ether oxygens (including phenoxy) is 1. The summed E-state index contributed by atoms with van der Waals surface area (Å²) in [5, 5.41) is 0. The van der Waals surface area contributed by atoms with Crippen LogP contribution in [0.25, 0.3) is 0 Å². The zero-order valence-corrected chi connectivity index (χ0v) is 10.5. The van der Waals surface area contributed by atoms with Crippen LogP contribution < -0.4 is 4.90 Å². The van der Waals surface area contributed by atoms with E-state index in [0.29, 0.717) is 0 Å². The Morgan fingerprint density at radius 2 is 2.27 bits per heavy atom. The van der Waals surface area contributed by atoms with Crippen molar-refractivity contribution in [3.8, 4) is 0 Å². The van der Waals surface area contributed by atoms with E-state index in [1.165, 1.54) is 5.56 Å². The third-order valence-corrected chi connectivity index (χ3v) is 3.57. The molecule has 1 aliphatic rings. The van der Waals surface area contributed by atoms with Crippen LogP contribution in [-0.2, 0) is 4.74 Å². The molecule has 0 atom stereocenters. The summed E-state index contributed by atoms with van der Waals surface area (Å²) in [6.07, 6.45) is 2.93. The van der Waals surface area contributed by atoms with E-state index in [-0.39, 0.29) is 0 Å². The number of aryl methyl sites for hydroxylation is 1. The van der Waals surface area contributed by atoms with Gasteiger partial charge in [-0.25, -0.2) is 4.98 Å². The second-order valence-electron chi connectivity index (χ2n) is 3.72. The van der Waals surface area contributed by atoms with E-state index >= 15 is 0 Å². The van der Waals surface area contributed by atoms with Gasteiger partial charge >= 0.3 is 0 Å². The van der Waals surface area contributed by atoms with Gasteiger partial charge in [-0.1, -0.05) is 0 Å². The summed E-state index contributed by atoms with van der Waals surface area (Å²) < 4.78 is 6.54. The van der Waals surface area contributed by atoms with Crippen molar-refractivity contribution in [2.24, 2.45) is 0 Å². The molecule has 0 amide bonds. The van der Waals surface area contributed by atoms with E-state index in [1.54, 1.807) is 0 Å². The number of hydrogen-bond donors (Lipinski definition) is 0. The molecular weight excluding hydrogens is 256 g/mol. The van der Waals surface area contributed by atoms with Crippen LogP contribution in [-0.4, -0.2) is 31.3 Å². The molecule has 3 nitrogen and oxygen atoms in total. The summed E-state index contributed by atoms with van der Waals surface area (Å²) in [5.41, 5.74) is 1.23. The van der Waals surface area contributed by atoms with Crippen molar-refractivity contribution in [3.05, 3.63) is 22.3 Å². The highest BCUT2D eigenvalue weighted by molar-refractivity contribution is 9.10. The Morgan fingerprint density at radius 3 is 3.13 bits per heavy atom. The quantitative estimate of drug-likeness (QED) is 0.784. The van der Waals surface area contributed by atoms with Crippen LogP contribution in [0.2, 0.25) is 0 Å². The van der Waals surface area contributed by atoms with Gasteiger partial charge in [0.25, 0.3) is 0 Å². The van der Waals surface area contributed by atoms with Crippen molar-refractivity contribution < 1.29 is 4.74 Å². The zero-order chi connectivity index (χ0) is 10.7. The van der Waals surface area contributed by atoms with Crippen molar-refractivity contribution in [1.82, 2.24) is 4.98 Å². The lowest BCUT2D eigenvalue weighted by atomic mass is 10.3. The van der Waals surface area contributed by atoms with Crippen LogP contribution in [0.1, 0.15) is 12.0 Å². The topological polar surface area (TPSA) is 25.4 Å². The summed E-state index contributed by atoms with van der Waals surface area (Å²) in [7, 11) is 0. The first-order chi connectivity index (χ1) is 7.29. The summed E-state index contributed by atoms with van der Waals surface area (Å²) in [4.78, 5) is 6.71. The van der Waals surface area contributed by atoms with E-state index in [2.05, 4.69) is 32.7 Å². The van der Waals surface area contributed by atoms with Crippen LogP contribution in [0.3, 0.4) is 0 Å². The van der Waals surface area contributed by atoms with E-state index < -0.39 is 0 Å². The average Bonchev–Trinajstić information content (AvgIpc) is 2.50. The number of anilines is 1. The van der Waals surface area contributed by atoms with Crippen LogP contribution >= 0.6 is 15.9 Å². The lowest BCUT2D eigenvalue weighted by molar-refractivity contribution is 0.152. The maximum atomic E-state index is 5.43. The molecule has 1 aliphatic heterocycles. The summed E-state index contributed by atoms with van der Waals surface area (Å²) in [6, 6.07) is 2.02. The van der Waals surface area contributed by atoms with Gasteiger partial charge in [-0.05, 0) is 40.9 Å². The predicted molar refractivity (Wildman–Crippen MR) is 64.3 cm³/mol. The normalized spacial score (nSPS) is 17.6. The van der Waals surface area contributed by atoms with Crippen molar-refractivity contribution in [1.29, 1.82) is 0 Å². The summed E-state index contributed by atoms with van der Waals surface area (Å²) in [6.45, 7) is 5.69. The summed E-state index contributed by atoms with van der Waals surface area (Å²) >= 11 is 3.60. The van der Waals surface area contributed by atoms with Gasteiger partial charge in [-0.2, -0.15) is 0 Å². The third-order valence-electron chi connectivity index (χ3n) is 2.59. The first-order valence-electron chi connectivity index (χ1n) is 5.23. The van der Waals surface area contributed by atoms with E-state index in [9.17, 15) is 0 Å². The smallest absolute Gasteiger partial charge is 0.143 e. The number of nitrogens with zero attached hydrogens (tertiary/aromatic N) is 2. The SMILES string of the molecule is Cc1ccnc(N2CCCOCC2)c1Br. The molecule has 1 aromatic heterocycles. The molecule has 1 saturated heterocycles. The minimum Gasteiger partial charge on any atom is -0.380 e. The van der Waals surface area contributed by atoms with Crippen molar-refractivity contribution >= 4 is 21.7 Å². The molecule has 2 rings (SSSR count). The third kappa shape index (κ3) is 2.49. The number of halogens is 1. The fourth-order valence-corrected chi connectivity index (χ4v) is 2.19. The molecule has 0 spiro atoms. The number of hydrogen-bond acceptors (Lipinski definition) is 3. The van der Waals surface area contributed by atoms with Crippen molar-refractivity contribution in [3.63, 3.8) is 0 Å². The highest BCUT2D eigenvalue weighted by Crippen LogP contribution is 2.27. The largest absolute Gasteiger partial charge is 0.380 e. The second-order valence-corrected chi connectivity index (χ2v) is 4.51. The predicted octanol–water partition coefficient (Wildman–Crippen LogP) is 2.38. The van der Waals surface area contributed by atoms with Crippen LogP contribution in [0.4, 0.5) is 5.82 Å². The lowest BCUT2D eigenvalue weighted by Crippen LogP contribution is -2.27. The monoisotopic (exact) mass is 270 g/mol. The fourth-order valence-electron chi connectivity index (χ4n) is 1.70. The van der Waals surface area contributed by atoms with Gasteiger partial charge in [0.1, 0.15) is 5.82 Å². The standard InChI is InChI=1S/C11H15BrN2O/c1-9-3-4-13-11(10(9)12)14-5-2-7-15-8-6-14/h3-4H,2,5-8H2,1H3. The Hall–Kier alpha value is -0.610. The minimum atomic E-state index is 0.794. The number of pyridine rings is 1. The maximum Gasteiger partial charge on any atom is 0.143 e. The average molecular weight is 271 g/mol. The molecule has 1 aromatic rings.